The van der Waals surface area contributed by atoms with Crippen molar-refractivity contribution in [3.05, 3.63) is 22.6 Å². The summed E-state index contributed by atoms with van der Waals surface area (Å²) in [4.78, 5) is 28.5. The zero-order chi connectivity index (χ0) is 29.3. The summed E-state index contributed by atoms with van der Waals surface area (Å²) in [7, 11) is 0. The average molecular weight is 555 g/mol. The maximum atomic E-state index is 13.8. The number of carbonyl (C=O) groups is 2. The fourth-order valence-corrected chi connectivity index (χ4v) is 12.1. The predicted octanol–water partition coefficient (Wildman–Crippen LogP) is 6.50. The summed E-state index contributed by atoms with van der Waals surface area (Å²) in [6.07, 6.45) is 8.83. The van der Waals surface area contributed by atoms with E-state index in [0.29, 0.717) is 18.4 Å². The third-order valence-electron chi connectivity index (χ3n) is 14.0. The van der Waals surface area contributed by atoms with E-state index in [4.69, 9.17) is 0 Å². The van der Waals surface area contributed by atoms with Crippen LogP contribution in [0.4, 0.5) is 0 Å². The van der Waals surface area contributed by atoms with Gasteiger partial charge in [0.15, 0.2) is 0 Å². The number of nitrogens with one attached hydrogen (secondary N) is 1. The number of hydrogen-bond acceptors (Lipinski definition) is 4. The van der Waals surface area contributed by atoms with Crippen LogP contribution in [0.3, 0.4) is 0 Å². The zero-order valence-corrected chi connectivity index (χ0v) is 25.2. The van der Waals surface area contributed by atoms with Crippen molar-refractivity contribution in [1.82, 2.24) is 5.32 Å². The molecular formula is C32H50N4O4. The number of aliphatic hydroxyl groups is 1. The standard InChI is InChI=1S/C32H50N4O4/c1-19(2)20-9-13-31(27(40)34-17-25(38)39)16-15-30(6)21(26(20)31)7-8-23-29(5)12-11-24(37)28(3,4)22(29)10-14-32(23,30)18-35-36-33/h20-24,26,37H,1,7-18H2,2-6H3,(H,34,40)(H,38,39)/t20-,21?,22?,23?,24-,26?,29-,30+,31-,32-/m0/s1. The third kappa shape index (κ3) is 3.84. The van der Waals surface area contributed by atoms with Crippen LogP contribution in [0.25, 0.3) is 10.4 Å². The van der Waals surface area contributed by atoms with Crippen LogP contribution >= 0.6 is 0 Å². The molecule has 3 N–H and O–H groups in total. The normalized spacial score (nSPS) is 47.0. The van der Waals surface area contributed by atoms with E-state index < -0.39 is 11.4 Å². The molecule has 5 saturated carbocycles. The monoisotopic (exact) mass is 554 g/mol. The summed E-state index contributed by atoms with van der Waals surface area (Å²) in [6, 6.07) is 0. The molecule has 40 heavy (non-hydrogen) atoms. The highest BCUT2D eigenvalue weighted by Gasteiger charge is 2.72. The highest BCUT2D eigenvalue weighted by Crippen LogP contribution is 2.77. The molecule has 0 aliphatic heterocycles. The van der Waals surface area contributed by atoms with E-state index >= 15 is 0 Å². The first-order valence-electron chi connectivity index (χ1n) is 15.6. The third-order valence-corrected chi connectivity index (χ3v) is 14.0. The smallest absolute Gasteiger partial charge is 0.322 e. The van der Waals surface area contributed by atoms with Crippen LogP contribution in [0.2, 0.25) is 0 Å². The summed E-state index contributed by atoms with van der Waals surface area (Å²) in [6.45, 7) is 16.0. The van der Waals surface area contributed by atoms with Gasteiger partial charge in [0.05, 0.1) is 11.5 Å². The molecule has 0 aromatic rings. The molecule has 5 fully saturated rings. The van der Waals surface area contributed by atoms with E-state index in [1.807, 2.05) is 0 Å². The molecule has 0 spiro atoms. The van der Waals surface area contributed by atoms with Gasteiger partial charge in [0.1, 0.15) is 6.54 Å². The van der Waals surface area contributed by atoms with Crippen LogP contribution in [-0.2, 0) is 9.59 Å². The van der Waals surface area contributed by atoms with Crippen molar-refractivity contribution < 1.29 is 19.8 Å². The Morgan fingerprint density at radius 1 is 1.00 bits per heavy atom. The Morgan fingerprint density at radius 2 is 1.73 bits per heavy atom. The van der Waals surface area contributed by atoms with Gasteiger partial charge in [-0.05, 0) is 128 Å². The summed E-state index contributed by atoms with van der Waals surface area (Å²) < 4.78 is 0. The molecule has 4 unspecified atom stereocenters. The Hall–Kier alpha value is -2.05. The first-order valence-corrected chi connectivity index (χ1v) is 15.6. The molecule has 10 atom stereocenters. The molecule has 8 heteroatoms. The molecule has 0 aromatic carbocycles. The van der Waals surface area contributed by atoms with Crippen molar-refractivity contribution in [2.75, 3.05) is 13.1 Å². The predicted molar refractivity (Wildman–Crippen MR) is 154 cm³/mol. The van der Waals surface area contributed by atoms with Gasteiger partial charge in [-0.1, -0.05) is 45.0 Å². The highest BCUT2D eigenvalue weighted by molar-refractivity contribution is 5.86. The Kier molecular flexibility index (Phi) is 7.18. The average Bonchev–Trinajstić information content (AvgIpc) is 3.30. The van der Waals surface area contributed by atoms with Gasteiger partial charge < -0.3 is 15.5 Å². The van der Waals surface area contributed by atoms with Crippen LogP contribution in [0.1, 0.15) is 98.8 Å². The molecule has 0 radical (unpaired) electrons. The number of amides is 1. The van der Waals surface area contributed by atoms with E-state index in [9.17, 15) is 25.3 Å². The largest absolute Gasteiger partial charge is 0.480 e. The fourth-order valence-electron chi connectivity index (χ4n) is 12.1. The maximum absolute atomic E-state index is 13.8. The minimum atomic E-state index is -1.02. The van der Waals surface area contributed by atoms with Crippen LogP contribution in [0, 0.1) is 56.7 Å². The second-order valence-electron chi connectivity index (χ2n) is 15.4. The molecule has 0 bridgehead atoms. The van der Waals surface area contributed by atoms with Crippen molar-refractivity contribution in [2.24, 2.45) is 61.8 Å². The summed E-state index contributed by atoms with van der Waals surface area (Å²) in [5.74, 6) is 0.280. The Balaban J connectivity index is 1.60. The Bertz CT molecular complexity index is 1130. The number of carbonyl (C=O) groups excluding carboxylic acids is 1. The minimum Gasteiger partial charge on any atom is -0.480 e. The number of aliphatic carboxylic acids is 1. The molecule has 0 heterocycles. The first kappa shape index (κ1) is 29.4. The Labute approximate surface area is 239 Å². The lowest BCUT2D eigenvalue weighted by atomic mass is 9.31. The number of allylic oxidation sites excluding steroid dienone is 1. The van der Waals surface area contributed by atoms with E-state index in [1.165, 1.54) is 0 Å². The highest BCUT2D eigenvalue weighted by atomic mass is 16.4. The molecule has 5 aliphatic carbocycles. The van der Waals surface area contributed by atoms with Crippen molar-refractivity contribution in [3.63, 3.8) is 0 Å². The number of fused-ring (bicyclic) bond motifs is 7. The maximum Gasteiger partial charge on any atom is 0.322 e. The first-order chi connectivity index (χ1) is 18.7. The molecule has 222 valence electrons. The van der Waals surface area contributed by atoms with Crippen molar-refractivity contribution in [3.8, 4) is 0 Å². The minimum absolute atomic E-state index is 0.0523. The van der Waals surface area contributed by atoms with Gasteiger partial charge in [-0.2, -0.15) is 0 Å². The molecular weight excluding hydrogens is 504 g/mol. The number of carboxylic acids is 1. The molecule has 1 amide bonds. The van der Waals surface area contributed by atoms with Gasteiger partial charge in [0.2, 0.25) is 5.91 Å². The number of hydrogen-bond donors (Lipinski definition) is 3. The number of carboxylic acid groups (broad SMARTS) is 1. The van der Waals surface area contributed by atoms with Crippen molar-refractivity contribution >= 4 is 11.9 Å². The summed E-state index contributed by atoms with van der Waals surface area (Å²) >= 11 is 0. The van der Waals surface area contributed by atoms with E-state index in [0.717, 1.165) is 69.8 Å². The van der Waals surface area contributed by atoms with Crippen LogP contribution < -0.4 is 5.32 Å². The van der Waals surface area contributed by atoms with Gasteiger partial charge in [-0.25, -0.2) is 0 Å². The van der Waals surface area contributed by atoms with Crippen LogP contribution in [-0.4, -0.2) is 41.3 Å². The molecule has 5 rings (SSSR count). The van der Waals surface area contributed by atoms with Gasteiger partial charge in [-0.3, -0.25) is 9.59 Å². The fraction of sp³-hybridized carbons (Fsp3) is 0.875. The van der Waals surface area contributed by atoms with E-state index in [1.54, 1.807) is 0 Å². The lowest BCUT2D eigenvalue weighted by Gasteiger charge is -2.73. The number of aliphatic hydroxyl groups excluding tert-OH is 1. The molecule has 8 nitrogen and oxygen atoms in total. The van der Waals surface area contributed by atoms with Gasteiger partial charge >= 0.3 is 5.97 Å². The Morgan fingerprint density at radius 3 is 2.38 bits per heavy atom. The lowest BCUT2D eigenvalue weighted by molar-refractivity contribution is -0.249. The second-order valence-corrected chi connectivity index (χ2v) is 15.4. The number of rotatable bonds is 6. The van der Waals surface area contributed by atoms with Crippen LogP contribution in [0.5, 0.6) is 0 Å². The SMILES string of the molecule is C=C(C)[C@@H]1CC[C@]2(C(=O)NCC(=O)O)CC[C@]3(C)C(CCC4[C@@]5(C)CC[C@H](O)C(C)(C)C5CC[C@]43CN=[N+]=[N-])C12. The topological polar surface area (TPSA) is 135 Å². The number of nitrogens with zero attached hydrogens (tertiary/aromatic N) is 3. The zero-order valence-electron chi connectivity index (χ0n) is 25.2. The van der Waals surface area contributed by atoms with Crippen molar-refractivity contribution in [2.45, 2.75) is 105 Å². The van der Waals surface area contributed by atoms with Gasteiger partial charge in [0.25, 0.3) is 0 Å². The lowest BCUT2D eigenvalue weighted by Crippen LogP contribution is -2.69. The van der Waals surface area contributed by atoms with Gasteiger partial charge in [-0.15, -0.1) is 0 Å². The van der Waals surface area contributed by atoms with Crippen LogP contribution in [0.15, 0.2) is 17.3 Å². The van der Waals surface area contributed by atoms with E-state index in [2.05, 4.69) is 56.5 Å². The van der Waals surface area contributed by atoms with E-state index in [-0.39, 0.29) is 58.0 Å². The molecule has 0 saturated heterocycles. The van der Waals surface area contributed by atoms with Gasteiger partial charge in [0, 0.05) is 11.5 Å². The number of azide groups is 1. The van der Waals surface area contributed by atoms with Crippen molar-refractivity contribution in [1.29, 1.82) is 0 Å². The summed E-state index contributed by atoms with van der Waals surface area (Å²) in [5.41, 5.74) is 9.73. The molecule has 0 aromatic heterocycles. The molecule has 5 aliphatic rings. The summed E-state index contributed by atoms with van der Waals surface area (Å²) in [5, 5.41) is 27.4. The second kappa shape index (κ2) is 9.76. The quantitative estimate of drug-likeness (QED) is 0.149.